The van der Waals surface area contributed by atoms with Crippen LogP contribution in [0.4, 0.5) is 0 Å². The molecule has 2 nitrogen and oxygen atoms in total. The molecule has 0 bridgehead atoms. The maximum atomic E-state index is 9.17. The Balaban J connectivity index is 0.00000140. The molecular formula is C23H21Cl2O2Zr. The molecule has 0 unspecified atom stereocenters. The fourth-order valence-electron chi connectivity index (χ4n) is 3.89. The van der Waals surface area contributed by atoms with Crippen LogP contribution in [0.1, 0.15) is 31.4 Å². The van der Waals surface area contributed by atoms with Gasteiger partial charge in [-0.1, -0.05) is 0 Å². The summed E-state index contributed by atoms with van der Waals surface area (Å²) in [6, 6.07) is 13.2. The van der Waals surface area contributed by atoms with Crippen LogP contribution < -0.4 is 35.3 Å². The first-order valence-electron chi connectivity index (χ1n) is 8.93. The van der Waals surface area contributed by atoms with Crippen molar-refractivity contribution in [2.75, 3.05) is 13.2 Å². The van der Waals surface area contributed by atoms with E-state index in [9.17, 15) is 0 Å². The standard InChI is InChI=1S/C23H21O2.2ClH.Zr/c1-15(2)17-10-11-19-18-7-4-3-6-16(18)14-21(19)23(17)20-8-5-9-22(20)25-13-12-24;;;/h3-7,9-11,24H,8,12-13H2,1-2H3;2*1H;/q;;;+2/p-2. The summed E-state index contributed by atoms with van der Waals surface area (Å²) < 4.78 is 7.28. The Labute approximate surface area is 192 Å². The van der Waals surface area contributed by atoms with Crippen molar-refractivity contribution in [3.8, 4) is 0 Å². The molecule has 0 heterocycles. The maximum Gasteiger partial charge on any atom is -1.00 e. The van der Waals surface area contributed by atoms with Gasteiger partial charge in [-0.15, -0.1) is 0 Å². The Morgan fingerprint density at radius 2 is 1.71 bits per heavy atom. The molecule has 0 aliphatic heterocycles. The molecular weight excluding hydrogens is 470 g/mol. The SMILES string of the molecule is CC(C)=c1ccc2c(c1C1=C(OCCO)C=CC1)[C]([Zr+2])=c1ccccc1=2.[Cl-].[Cl-]. The average Bonchev–Trinajstić information content (AvgIpc) is 3.23. The van der Waals surface area contributed by atoms with Crippen molar-refractivity contribution in [1.82, 2.24) is 0 Å². The Hall–Kier alpha value is -1.12. The minimum absolute atomic E-state index is 0. The van der Waals surface area contributed by atoms with Crippen molar-refractivity contribution in [3.05, 3.63) is 86.3 Å². The smallest absolute Gasteiger partial charge is 1.00 e. The van der Waals surface area contributed by atoms with Crippen molar-refractivity contribution in [2.45, 2.75) is 20.3 Å². The number of rotatable bonds is 4. The van der Waals surface area contributed by atoms with Gasteiger partial charge in [-0.25, -0.2) is 0 Å². The third kappa shape index (κ3) is 3.83. The van der Waals surface area contributed by atoms with E-state index in [4.69, 9.17) is 9.84 Å². The van der Waals surface area contributed by atoms with Crippen molar-refractivity contribution in [3.63, 3.8) is 0 Å². The monoisotopic (exact) mass is 489 g/mol. The molecule has 2 aliphatic rings. The first kappa shape index (κ1) is 23.2. The molecule has 28 heavy (non-hydrogen) atoms. The van der Waals surface area contributed by atoms with E-state index in [1.54, 1.807) is 0 Å². The fourth-order valence-corrected chi connectivity index (χ4v) is 5.06. The molecule has 143 valence electrons. The van der Waals surface area contributed by atoms with Crippen molar-refractivity contribution in [2.24, 2.45) is 0 Å². The molecule has 1 N–H and O–H groups in total. The van der Waals surface area contributed by atoms with E-state index >= 15 is 0 Å². The second-order valence-corrected chi connectivity index (χ2v) is 8.08. The van der Waals surface area contributed by atoms with Crippen molar-refractivity contribution >= 4 is 14.4 Å². The molecule has 0 saturated carbocycles. The topological polar surface area (TPSA) is 29.5 Å². The van der Waals surface area contributed by atoms with Gasteiger partial charge in [0.05, 0.1) is 0 Å². The van der Waals surface area contributed by atoms with E-state index in [-0.39, 0.29) is 31.4 Å². The molecule has 0 fully saturated rings. The Morgan fingerprint density at radius 1 is 1.00 bits per heavy atom. The summed E-state index contributed by atoms with van der Waals surface area (Å²) in [6.45, 7) is 4.71. The van der Waals surface area contributed by atoms with Crippen LogP contribution in [0.15, 0.2) is 54.3 Å². The summed E-state index contributed by atoms with van der Waals surface area (Å²) in [6.07, 6.45) is 5.07. The molecule has 0 radical (unpaired) electrons. The second kappa shape index (κ2) is 9.59. The third-order valence-corrected chi connectivity index (χ3v) is 6.30. The van der Waals surface area contributed by atoms with Gasteiger partial charge < -0.3 is 24.8 Å². The number of aliphatic hydroxyl groups excluding tert-OH is 1. The number of halogens is 2. The van der Waals surface area contributed by atoms with Crippen LogP contribution in [0, 0.1) is 10.4 Å². The van der Waals surface area contributed by atoms with Crippen LogP contribution >= 0.6 is 0 Å². The Kier molecular flexibility index (Phi) is 7.93. The van der Waals surface area contributed by atoms with Crippen LogP contribution in [0.25, 0.3) is 14.4 Å². The molecule has 0 aromatic heterocycles. The number of hydrogen-bond donors (Lipinski definition) is 1. The van der Waals surface area contributed by atoms with Gasteiger partial charge in [0.15, 0.2) is 0 Å². The molecule has 5 heteroatoms. The summed E-state index contributed by atoms with van der Waals surface area (Å²) in [4.78, 5) is 0. The molecule has 0 saturated heterocycles. The quantitative estimate of drug-likeness (QED) is 0.491. The third-order valence-electron chi connectivity index (χ3n) is 5.02. The van der Waals surface area contributed by atoms with Gasteiger partial charge >= 0.3 is 169 Å². The number of aliphatic hydroxyl groups is 1. The fraction of sp³-hybridized carbons (Fsp3) is 0.217. The number of benzene rings is 2. The normalized spacial score (nSPS) is 13.7. The first-order valence-corrected chi connectivity index (χ1v) is 10.2. The molecule has 2 aromatic rings. The van der Waals surface area contributed by atoms with Crippen LogP contribution in [-0.4, -0.2) is 18.3 Å². The zero-order valence-electron chi connectivity index (χ0n) is 15.9. The molecule has 2 aliphatic carbocycles. The van der Waals surface area contributed by atoms with Crippen molar-refractivity contribution in [1.29, 1.82) is 0 Å². The molecule has 0 amide bonds. The van der Waals surface area contributed by atoms with Gasteiger partial charge in [-0.05, 0) is 0 Å². The number of ether oxygens (including phenoxy) is 1. The molecule has 4 rings (SSSR count). The summed E-state index contributed by atoms with van der Waals surface area (Å²) >= 11 is 1.43. The minimum atomic E-state index is 0. The van der Waals surface area contributed by atoms with Crippen LogP contribution in [0.2, 0.25) is 0 Å². The number of allylic oxidation sites excluding steroid dienone is 3. The summed E-state index contributed by atoms with van der Waals surface area (Å²) in [7, 11) is 0. The van der Waals surface area contributed by atoms with E-state index < -0.39 is 0 Å². The summed E-state index contributed by atoms with van der Waals surface area (Å²) in [5.41, 5.74) is 5.22. The summed E-state index contributed by atoms with van der Waals surface area (Å²) in [5.74, 6) is 0.898. The van der Waals surface area contributed by atoms with Crippen LogP contribution in [-0.2, 0) is 29.5 Å². The minimum Gasteiger partial charge on any atom is -1.00 e. The van der Waals surface area contributed by atoms with Gasteiger partial charge in [0.1, 0.15) is 0 Å². The van der Waals surface area contributed by atoms with Gasteiger partial charge in [-0.3, -0.25) is 0 Å². The Morgan fingerprint density at radius 3 is 2.39 bits per heavy atom. The van der Waals surface area contributed by atoms with Gasteiger partial charge in [-0.2, -0.15) is 0 Å². The predicted octanol–water partition coefficient (Wildman–Crippen LogP) is -3.13. The number of hydrogen-bond acceptors (Lipinski definition) is 2. The van der Waals surface area contributed by atoms with E-state index in [0.29, 0.717) is 6.61 Å². The second-order valence-electron chi connectivity index (χ2n) is 6.85. The largest absolute Gasteiger partial charge is 1.00 e. The predicted molar refractivity (Wildman–Crippen MR) is 101 cm³/mol. The van der Waals surface area contributed by atoms with E-state index in [2.05, 4.69) is 56.3 Å². The van der Waals surface area contributed by atoms with Crippen LogP contribution in [0.5, 0.6) is 0 Å². The van der Waals surface area contributed by atoms with Crippen LogP contribution in [0.3, 0.4) is 0 Å². The zero-order chi connectivity index (χ0) is 18.3. The molecule has 2 aromatic carbocycles. The van der Waals surface area contributed by atoms with E-state index in [0.717, 1.165) is 12.2 Å². The van der Waals surface area contributed by atoms with Gasteiger partial charge in [0, 0.05) is 0 Å². The Bertz CT molecular complexity index is 1180. The average molecular weight is 492 g/mol. The molecule has 0 atom stereocenters. The number of fused-ring (bicyclic) bond motifs is 2. The first-order chi connectivity index (χ1) is 12.6. The van der Waals surface area contributed by atoms with Crippen molar-refractivity contribution < 1.29 is 59.4 Å². The van der Waals surface area contributed by atoms with Gasteiger partial charge in [0.2, 0.25) is 0 Å². The van der Waals surface area contributed by atoms with E-state index in [1.807, 2.05) is 6.08 Å². The van der Waals surface area contributed by atoms with E-state index in [1.165, 1.54) is 71.1 Å². The molecule has 0 spiro atoms. The zero-order valence-corrected chi connectivity index (χ0v) is 19.8. The maximum absolute atomic E-state index is 9.17. The van der Waals surface area contributed by atoms with Gasteiger partial charge in [0.25, 0.3) is 0 Å². The summed E-state index contributed by atoms with van der Waals surface area (Å²) in [5, 5.41) is 14.5.